The summed E-state index contributed by atoms with van der Waals surface area (Å²) < 4.78 is 0. The van der Waals surface area contributed by atoms with E-state index in [1.165, 1.54) is 22.3 Å². The molecule has 0 aliphatic heterocycles. The first kappa shape index (κ1) is 12.4. The fourth-order valence-corrected chi connectivity index (χ4v) is 2.74. The molecular formula is C15H17ClO. The molecule has 0 atom stereocenters. The molecule has 1 aromatic rings. The normalized spacial score (nSPS) is 15.1. The molecule has 90 valence electrons. The predicted molar refractivity (Wildman–Crippen MR) is 72.1 cm³/mol. The molecule has 0 saturated heterocycles. The van der Waals surface area contributed by atoms with Crippen molar-refractivity contribution in [2.45, 2.75) is 34.1 Å². The number of carbonyl (C=O) groups is 1. The number of benzene rings is 1. The molecule has 0 amide bonds. The maximum absolute atomic E-state index is 11.6. The van der Waals surface area contributed by atoms with Crippen molar-refractivity contribution < 1.29 is 4.79 Å². The van der Waals surface area contributed by atoms with Crippen molar-refractivity contribution in [2.75, 3.05) is 0 Å². The van der Waals surface area contributed by atoms with Crippen LogP contribution in [0, 0.1) is 12.3 Å². The van der Waals surface area contributed by atoms with Crippen molar-refractivity contribution >= 4 is 22.4 Å². The summed E-state index contributed by atoms with van der Waals surface area (Å²) in [7, 11) is 0. The number of aryl methyl sites for hydroxylation is 1. The second-order valence-electron chi connectivity index (χ2n) is 5.39. The van der Waals surface area contributed by atoms with E-state index in [1.807, 2.05) is 13.8 Å². The minimum atomic E-state index is -0.606. The standard InChI is InChI=1S/C15H17ClO/c1-9-5-6-11-8-10(2)13(12(11)7-9)15(3,4)14(16)17/h5-7H,8H2,1-4H3. The van der Waals surface area contributed by atoms with Crippen LogP contribution in [-0.4, -0.2) is 5.24 Å². The number of halogens is 1. The van der Waals surface area contributed by atoms with Gasteiger partial charge in [-0.05, 0) is 62.4 Å². The fraction of sp³-hybridized carbons (Fsp3) is 0.400. The van der Waals surface area contributed by atoms with E-state index in [2.05, 4.69) is 32.0 Å². The Bertz CT molecular complexity index is 524. The summed E-state index contributed by atoms with van der Waals surface area (Å²) in [5.41, 5.74) is 5.47. The highest BCUT2D eigenvalue weighted by Crippen LogP contribution is 2.45. The number of hydrogen-bond acceptors (Lipinski definition) is 1. The highest BCUT2D eigenvalue weighted by molar-refractivity contribution is 6.65. The largest absolute Gasteiger partial charge is 0.280 e. The lowest BCUT2D eigenvalue weighted by Gasteiger charge is -2.24. The van der Waals surface area contributed by atoms with Crippen LogP contribution in [0.1, 0.15) is 37.5 Å². The minimum Gasteiger partial charge on any atom is -0.280 e. The molecule has 0 N–H and O–H groups in total. The van der Waals surface area contributed by atoms with E-state index in [-0.39, 0.29) is 5.24 Å². The molecule has 2 heteroatoms. The van der Waals surface area contributed by atoms with E-state index >= 15 is 0 Å². The molecule has 0 bridgehead atoms. The van der Waals surface area contributed by atoms with Gasteiger partial charge < -0.3 is 0 Å². The van der Waals surface area contributed by atoms with Crippen LogP contribution in [0.4, 0.5) is 0 Å². The van der Waals surface area contributed by atoms with Crippen molar-refractivity contribution in [3.8, 4) is 0 Å². The van der Waals surface area contributed by atoms with Crippen LogP contribution in [0.3, 0.4) is 0 Å². The number of rotatable bonds is 2. The Hall–Kier alpha value is -1.08. The zero-order chi connectivity index (χ0) is 12.8. The monoisotopic (exact) mass is 248 g/mol. The van der Waals surface area contributed by atoms with Crippen LogP contribution >= 0.6 is 11.6 Å². The van der Waals surface area contributed by atoms with Crippen molar-refractivity contribution in [1.82, 2.24) is 0 Å². The second kappa shape index (κ2) is 3.99. The molecule has 1 aliphatic rings. The lowest BCUT2D eigenvalue weighted by molar-refractivity contribution is -0.116. The van der Waals surface area contributed by atoms with Crippen molar-refractivity contribution in [1.29, 1.82) is 0 Å². The van der Waals surface area contributed by atoms with Gasteiger partial charge >= 0.3 is 0 Å². The third-order valence-corrected chi connectivity index (χ3v) is 4.01. The first-order chi connectivity index (χ1) is 7.84. The Kier molecular flexibility index (Phi) is 2.90. The average Bonchev–Trinajstić information content (AvgIpc) is 2.53. The SMILES string of the molecule is CC1=C(C(C)(C)C(=O)Cl)c2cc(C)ccc2C1. The predicted octanol–water partition coefficient (Wildman–Crippen LogP) is 4.12. The molecule has 0 radical (unpaired) electrons. The van der Waals surface area contributed by atoms with Crippen molar-refractivity contribution in [2.24, 2.45) is 5.41 Å². The van der Waals surface area contributed by atoms with Gasteiger partial charge in [-0.15, -0.1) is 0 Å². The molecule has 1 nitrogen and oxygen atoms in total. The number of carbonyl (C=O) groups excluding carboxylic acids is 1. The number of hydrogen-bond donors (Lipinski definition) is 0. The van der Waals surface area contributed by atoms with Crippen molar-refractivity contribution in [3.63, 3.8) is 0 Å². The molecule has 17 heavy (non-hydrogen) atoms. The van der Waals surface area contributed by atoms with E-state index in [1.54, 1.807) is 0 Å². The second-order valence-corrected chi connectivity index (χ2v) is 5.73. The Morgan fingerprint density at radius 2 is 1.94 bits per heavy atom. The van der Waals surface area contributed by atoms with Gasteiger partial charge in [-0.25, -0.2) is 0 Å². The van der Waals surface area contributed by atoms with Crippen LogP contribution in [0.25, 0.3) is 5.57 Å². The smallest absolute Gasteiger partial charge is 0.231 e. The highest BCUT2D eigenvalue weighted by Gasteiger charge is 2.36. The molecule has 0 aromatic heterocycles. The minimum absolute atomic E-state index is 0.291. The summed E-state index contributed by atoms with van der Waals surface area (Å²) in [6.45, 7) is 7.96. The van der Waals surface area contributed by atoms with Gasteiger partial charge in [-0.1, -0.05) is 29.3 Å². The first-order valence-corrected chi connectivity index (χ1v) is 6.22. The van der Waals surface area contributed by atoms with Gasteiger partial charge in [0.2, 0.25) is 5.24 Å². The topological polar surface area (TPSA) is 17.1 Å². The van der Waals surface area contributed by atoms with E-state index in [4.69, 9.17) is 11.6 Å². The Morgan fingerprint density at radius 1 is 1.29 bits per heavy atom. The zero-order valence-electron chi connectivity index (χ0n) is 10.7. The molecule has 0 saturated carbocycles. The molecule has 0 fully saturated rings. The quantitative estimate of drug-likeness (QED) is 0.720. The summed E-state index contributed by atoms with van der Waals surface area (Å²) in [6, 6.07) is 6.42. The lowest BCUT2D eigenvalue weighted by Crippen LogP contribution is -2.21. The maximum Gasteiger partial charge on any atom is 0.231 e. The van der Waals surface area contributed by atoms with Crippen molar-refractivity contribution in [3.05, 3.63) is 40.5 Å². The van der Waals surface area contributed by atoms with E-state index in [0.717, 1.165) is 12.0 Å². The molecule has 1 aliphatic carbocycles. The summed E-state index contributed by atoms with van der Waals surface area (Å²) >= 11 is 5.75. The molecule has 0 heterocycles. The third-order valence-electron chi connectivity index (χ3n) is 3.53. The van der Waals surface area contributed by atoms with E-state index in [0.29, 0.717) is 0 Å². The van der Waals surface area contributed by atoms with Crippen LogP contribution in [0.5, 0.6) is 0 Å². The van der Waals surface area contributed by atoms with Gasteiger partial charge in [0.1, 0.15) is 0 Å². The highest BCUT2D eigenvalue weighted by atomic mass is 35.5. The van der Waals surface area contributed by atoms with Gasteiger partial charge in [0.25, 0.3) is 0 Å². The molecule has 2 rings (SSSR count). The maximum atomic E-state index is 11.6. The Labute approximate surface area is 107 Å². The van der Waals surface area contributed by atoms with Crippen LogP contribution in [-0.2, 0) is 11.2 Å². The van der Waals surface area contributed by atoms with E-state index < -0.39 is 5.41 Å². The number of fused-ring (bicyclic) bond motifs is 1. The fourth-order valence-electron chi connectivity index (χ4n) is 2.65. The van der Waals surface area contributed by atoms with Crippen LogP contribution in [0.15, 0.2) is 23.8 Å². The Balaban J connectivity index is 2.61. The van der Waals surface area contributed by atoms with Gasteiger partial charge in [0, 0.05) is 0 Å². The molecule has 1 aromatic carbocycles. The summed E-state index contributed by atoms with van der Waals surface area (Å²) in [5.74, 6) is 0. The average molecular weight is 249 g/mol. The first-order valence-electron chi connectivity index (χ1n) is 5.84. The van der Waals surface area contributed by atoms with Gasteiger partial charge in [0.15, 0.2) is 0 Å². The van der Waals surface area contributed by atoms with Gasteiger partial charge in [0.05, 0.1) is 5.41 Å². The molecule has 0 unspecified atom stereocenters. The molecular weight excluding hydrogens is 232 g/mol. The van der Waals surface area contributed by atoms with Gasteiger partial charge in [-0.2, -0.15) is 0 Å². The third kappa shape index (κ3) is 1.93. The molecule has 0 spiro atoms. The Morgan fingerprint density at radius 3 is 2.53 bits per heavy atom. The van der Waals surface area contributed by atoms with Gasteiger partial charge in [-0.3, -0.25) is 4.79 Å². The number of allylic oxidation sites excluding steroid dienone is 2. The summed E-state index contributed by atoms with van der Waals surface area (Å²) in [4.78, 5) is 11.6. The van der Waals surface area contributed by atoms with Crippen LogP contribution < -0.4 is 0 Å². The lowest BCUT2D eigenvalue weighted by atomic mass is 9.81. The zero-order valence-corrected chi connectivity index (χ0v) is 11.5. The van der Waals surface area contributed by atoms with Crippen LogP contribution in [0.2, 0.25) is 0 Å². The summed E-state index contributed by atoms with van der Waals surface area (Å²) in [5, 5.41) is -0.291. The van der Waals surface area contributed by atoms with E-state index in [9.17, 15) is 4.79 Å². The summed E-state index contributed by atoms with van der Waals surface area (Å²) in [6.07, 6.45) is 0.929.